The highest BCUT2D eigenvalue weighted by Gasteiger charge is 2.12. The summed E-state index contributed by atoms with van der Waals surface area (Å²) in [6.07, 6.45) is 0. The van der Waals surface area contributed by atoms with Crippen molar-refractivity contribution in [1.82, 2.24) is 0 Å². The van der Waals surface area contributed by atoms with Crippen LogP contribution in [0.4, 0.5) is 0 Å². The van der Waals surface area contributed by atoms with Gasteiger partial charge in [-0.3, -0.25) is 0 Å². The Balaban J connectivity index is 2.52. The van der Waals surface area contributed by atoms with E-state index in [-0.39, 0.29) is 0 Å². The van der Waals surface area contributed by atoms with Crippen LogP contribution in [0.1, 0.15) is 39.2 Å². The molecule has 1 nitrogen and oxygen atoms in total. The van der Waals surface area contributed by atoms with Crippen LogP contribution in [-0.2, 0) is 0 Å². The van der Waals surface area contributed by atoms with Crippen LogP contribution in [0.15, 0.2) is 24.3 Å². The van der Waals surface area contributed by atoms with Crippen molar-refractivity contribution >= 4 is 15.9 Å². The van der Waals surface area contributed by atoms with Gasteiger partial charge in [-0.05, 0) is 29.5 Å². The normalized spacial score (nSPS) is 13.1. The smallest absolute Gasteiger partial charge is 0.119 e. The third-order valence-electron chi connectivity index (χ3n) is 3.15. The maximum Gasteiger partial charge on any atom is 0.119 e. The van der Waals surface area contributed by atoms with Gasteiger partial charge in [0.25, 0.3) is 0 Å². The van der Waals surface area contributed by atoms with E-state index in [1.54, 1.807) is 0 Å². The first-order valence-electron chi connectivity index (χ1n) is 6.33. The van der Waals surface area contributed by atoms with E-state index in [1.807, 2.05) is 0 Å². The first kappa shape index (κ1) is 14.6. The molecule has 96 valence electrons. The Morgan fingerprint density at radius 3 is 2.06 bits per heavy atom. The summed E-state index contributed by atoms with van der Waals surface area (Å²) in [6, 6.07) is 8.44. The van der Waals surface area contributed by atoms with E-state index in [0.29, 0.717) is 17.8 Å². The zero-order valence-electron chi connectivity index (χ0n) is 11.2. The molecule has 0 spiro atoms. The molecule has 0 radical (unpaired) electrons. The van der Waals surface area contributed by atoms with Crippen LogP contribution in [0.5, 0.6) is 5.75 Å². The lowest BCUT2D eigenvalue weighted by atomic mass is 9.99. The molecule has 0 aliphatic rings. The molecule has 0 saturated heterocycles. The van der Waals surface area contributed by atoms with Crippen molar-refractivity contribution in [2.45, 2.75) is 33.6 Å². The Bertz CT molecular complexity index is 316. The molecular weight excluding hydrogens is 276 g/mol. The van der Waals surface area contributed by atoms with E-state index in [4.69, 9.17) is 4.74 Å². The molecule has 0 amide bonds. The molecule has 1 unspecified atom stereocenters. The molecule has 0 aromatic heterocycles. The Morgan fingerprint density at radius 2 is 1.65 bits per heavy atom. The highest BCUT2D eigenvalue weighted by molar-refractivity contribution is 9.09. The molecule has 0 saturated carbocycles. The zero-order valence-corrected chi connectivity index (χ0v) is 12.8. The highest BCUT2D eigenvalue weighted by atomic mass is 79.9. The van der Waals surface area contributed by atoms with Crippen molar-refractivity contribution in [2.75, 3.05) is 11.9 Å². The van der Waals surface area contributed by atoms with Crippen LogP contribution in [-0.4, -0.2) is 11.9 Å². The minimum absolute atomic E-state index is 0.569. The van der Waals surface area contributed by atoms with Gasteiger partial charge in [0, 0.05) is 11.2 Å². The minimum atomic E-state index is 0.569. The van der Waals surface area contributed by atoms with Crippen LogP contribution in [0.2, 0.25) is 0 Å². The monoisotopic (exact) mass is 298 g/mol. The average molecular weight is 299 g/mol. The number of hydrogen-bond donors (Lipinski definition) is 0. The topological polar surface area (TPSA) is 9.23 Å². The summed E-state index contributed by atoms with van der Waals surface area (Å²) in [4.78, 5) is 0. The number of hydrogen-bond acceptors (Lipinski definition) is 1. The third kappa shape index (κ3) is 4.71. The van der Waals surface area contributed by atoms with Gasteiger partial charge in [0.05, 0.1) is 6.61 Å². The van der Waals surface area contributed by atoms with Gasteiger partial charge in [-0.2, -0.15) is 0 Å². The molecule has 2 heteroatoms. The lowest BCUT2D eigenvalue weighted by Crippen LogP contribution is -2.19. The Kier molecular flexibility index (Phi) is 6.04. The summed E-state index contributed by atoms with van der Waals surface area (Å²) in [6.45, 7) is 9.66. The van der Waals surface area contributed by atoms with Crippen LogP contribution in [0, 0.1) is 11.8 Å². The number of halogens is 1. The van der Waals surface area contributed by atoms with Crippen molar-refractivity contribution in [3.05, 3.63) is 29.8 Å². The second-order valence-corrected chi connectivity index (χ2v) is 5.84. The minimum Gasteiger partial charge on any atom is -0.493 e. The molecule has 0 aliphatic carbocycles. The molecular formula is C15H23BrO. The molecule has 1 aromatic rings. The Morgan fingerprint density at radius 1 is 1.06 bits per heavy atom. The van der Waals surface area contributed by atoms with E-state index in [2.05, 4.69) is 67.9 Å². The van der Waals surface area contributed by atoms with E-state index < -0.39 is 0 Å². The summed E-state index contributed by atoms with van der Waals surface area (Å²) < 4.78 is 5.83. The van der Waals surface area contributed by atoms with Crippen molar-refractivity contribution in [2.24, 2.45) is 11.8 Å². The first-order chi connectivity index (χ1) is 8.04. The van der Waals surface area contributed by atoms with Crippen molar-refractivity contribution < 1.29 is 4.74 Å². The van der Waals surface area contributed by atoms with Crippen molar-refractivity contribution in [3.63, 3.8) is 0 Å². The number of ether oxygens (including phenoxy) is 1. The van der Waals surface area contributed by atoms with Gasteiger partial charge in [0.1, 0.15) is 5.75 Å². The van der Waals surface area contributed by atoms with Crippen LogP contribution in [0.3, 0.4) is 0 Å². The third-order valence-corrected chi connectivity index (χ3v) is 3.98. The summed E-state index contributed by atoms with van der Waals surface area (Å²) >= 11 is 3.54. The van der Waals surface area contributed by atoms with Gasteiger partial charge >= 0.3 is 0 Å². The molecule has 1 aromatic carbocycles. The van der Waals surface area contributed by atoms with Crippen LogP contribution >= 0.6 is 15.9 Å². The van der Waals surface area contributed by atoms with Crippen LogP contribution < -0.4 is 4.74 Å². The van der Waals surface area contributed by atoms with E-state index in [9.17, 15) is 0 Å². The van der Waals surface area contributed by atoms with E-state index >= 15 is 0 Å². The fraction of sp³-hybridized carbons (Fsp3) is 0.600. The highest BCUT2D eigenvalue weighted by Crippen LogP contribution is 2.20. The van der Waals surface area contributed by atoms with Gasteiger partial charge in [0.15, 0.2) is 0 Å². The number of alkyl halides is 1. The van der Waals surface area contributed by atoms with Gasteiger partial charge in [-0.1, -0.05) is 55.8 Å². The molecule has 0 fully saturated rings. The average Bonchev–Trinajstić information content (AvgIpc) is 2.30. The van der Waals surface area contributed by atoms with Gasteiger partial charge in [0.2, 0.25) is 0 Å². The van der Waals surface area contributed by atoms with E-state index in [0.717, 1.165) is 17.7 Å². The lowest BCUT2D eigenvalue weighted by Gasteiger charge is -2.18. The van der Waals surface area contributed by atoms with Gasteiger partial charge in [-0.25, -0.2) is 0 Å². The summed E-state index contributed by atoms with van der Waals surface area (Å²) in [5.74, 6) is 2.76. The maximum absolute atomic E-state index is 5.83. The molecule has 0 N–H and O–H groups in total. The predicted molar refractivity (Wildman–Crippen MR) is 78.1 cm³/mol. The lowest BCUT2D eigenvalue weighted by molar-refractivity contribution is 0.227. The Hall–Kier alpha value is -0.500. The molecule has 0 heterocycles. The van der Waals surface area contributed by atoms with Gasteiger partial charge in [-0.15, -0.1) is 0 Å². The van der Waals surface area contributed by atoms with Crippen molar-refractivity contribution in [3.8, 4) is 5.75 Å². The van der Waals surface area contributed by atoms with E-state index in [1.165, 1.54) is 5.56 Å². The molecule has 1 rings (SSSR count). The summed E-state index contributed by atoms with van der Waals surface area (Å²) in [7, 11) is 0. The zero-order chi connectivity index (χ0) is 12.8. The quantitative estimate of drug-likeness (QED) is 0.682. The Labute approximate surface area is 114 Å². The maximum atomic E-state index is 5.83. The predicted octanol–water partition coefficient (Wildman–Crippen LogP) is 4.86. The van der Waals surface area contributed by atoms with Crippen molar-refractivity contribution in [1.29, 1.82) is 0 Å². The number of rotatable bonds is 6. The standard InChI is InChI=1S/C15H23BrO/c1-11(2)13-5-7-15(8-6-13)17-10-14(9-16)12(3)4/h5-8,11-12,14H,9-10H2,1-4H3. The van der Waals surface area contributed by atoms with Crippen LogP contribution in [0.25, 0.3) is 0 Å². The summed E-state index contributed by atoms with van der Waals surface area (Å²) in [5, 5.41) is 0.995. The van der Waals surface area contributed by atoms with Gasteiger partial charge < -0.3 is 4.74 Å². The largest absolute Gasteiger partial charge is 0.493 e. The fourth-order valence-corrected chi connectivity index (χ4v) is 2.50. The SMILES string of the molecule is CC(C)c1ccc(OCC(CBr)C(C)C)cc1. The molecule has 0 bridgehead atoms. The second kappa shape index (κ2) is 7.05. The second-order valence-electron chi connectivity index (χ2n) is 5.19. The number of benzene rings is 1. The fourth-order valence-electron chi connectivity index (χ4n) is 1.57. The first-order valence-corrected chi connectivity index (χ1v) is 7.45. The molecule has 17 heavy (non-hydrogen) atoms. The molecule has 1 atom stereocenters. The molecule has 0 aliphatic heterocycles. The summed E-state index contributed by atoms with van der Waals surface area (Å²) in [5.41, 5.74) is 1.36.